The minimum absolute atomic E-state index is 0.0598. The van der Waals surface area contributed by atoms with Crippen molar-refractivity contribution in [3.8, 4) is 0 Å². The predicted octanol–water partition coefficient (Wildman–Crippen LogP) is 0.301. The molecule has 1 aromatic rings. The van der Waals surface area contributed by atoms with Gasteiger partial charge in [0.05, 0.1) is 11.5 Å². The number of anilines is 1. The van der Waals surface area contributed by atoms with E-state index < -0.39 is 41.1 Å². The summed E-state index contributed by atoms with van der Waals surface area (Å²) in [6.07, 6.45) is -1.77. The van der Waals surface area contributed by atoms with Crippen molar-refractivity contribution in [2.24, 2.45) is 0 Å². The molecule has 0 heterocycles. The first-order valence-electron chi connectivity index (χ1n) is 5.21. The molecular weight excluding hydrogens is 277 g/mol. The molecule has 1 aromatic carbocycles. The van der Waals surface area contributed by atoms with Crippen LogP contribution >= 0.6 is 0 Å². The summed E-state index contributed by atoms with van der Waals surface area (Å²) in [5.74, 6) is -2.63. The van der Waals surface area contributed by atoms with E-state index >= 15 is 0 Å². The monoisotopic (exact) mass is 287 g/mol. The van der Waals surface area contributed by atoms with Crippen molar-refractivity contribution in [3.05, 3.63) is 34.1 Å². The molecule has 2 amide bonds. The number of benzene rings is 1. The minimum atomic E-state index is -1.77. The number of halogens is 1. The Morgan fingerprint density at radius 1 is 1.45 bits per heavy atom. The number of nitro groups is 1. The molecule has 0 aliphatic heterocycles. The number of carbonyl (C=O) groups is 2. The number of aliphatic hydroxyl groups is 1. The van der Waals surface area contributed by atoms with Gasteiger partial charge in [0.15, 0.2) is 6.10 Å². The van der Waals surface area contributed by atoms with E-state index in [0.717, 1.165) is 18.2 Å². The predicted molar refractivity (Wildman–Crippen MR) is 63.7 cm³/mol. The van der Waals surface area contributed by atoms with Crippen LogP contribution in [0.15, 0.2) is 18.2 Å². The zero-order valence-electron chi connectivity index (χ0n) is 9.87. The fourth-order valence-corrected chi connectivity index (χ4v) is 1.18. The third kappa shape index (κ3) is 4.17. The number of aliphatic carboxylic acids is 1. The Hall–Kier alpha value is -2.75. The average Bonchev–Trinajstić information content (AvgIpc) is 2.35. The van der Waals surface area contributed by atoms with E-state index in [4.69, 9.17) is 10.2 Å². The van der Waals surface area contributed by atoms with E-state index in [2.05, 4.69) is 5.32 Å². The van der Waals surface area contributed by atoms with Gasteiger partial charge in [-0.3, -0.25) is 10.1 Å². The summed E-state index contributed by atoms with van der Waals surface area (Å²) < 4.78 is 13.2. The van der Waals surface area contributed by atoms with E-state index in [1.54, 1.807) is 0 Å². The van der Waals surface area contributed by atoms with E-state index in [1.807, 2.05) is 5.32 Å². The number of carboxylic acids is 1. The quantitative estimate of drug-likeness (QED) is 0.453. The molecule has 1 atom stereocenters. The molecule has 0 unspecified atom stereocenters. The number of hydrogen-bond acceptors (Lipinski definition) is 5. The molecule has 0 saturated carbocycles. The summed E-state index contributed by atoms with van der Waals surface area (Å²) in [5.41, 5.74) is -0.798. The van der Waals surface area contributed by atoms with Gasteiger partial charge >= 0.3 is 17.7 Å². The standard InChI is InChI=1S/C10H10FN3O6/c11-6-3-5(1-2-7(6)14(19)20)13-10(18)12-4-8(15)9(16)17/h1-3,8,15H,4H2,(H,16,17)(H2,12,13,18)/t8-/m0/s1. The number of carboxylic acid groups (broad SMARTS) is 1. The number of hydrogen-bond donors (Lipinski definition) is 4. The average molecular weight is 287 g/mol. The number of amides is 2. The smallest absolute Gasteiger partial charge is 0.334 e. The van der Waals surface area contributed by atoms with Crippen LogP contribution in [0.3, 0.4) is 0 Å². The Bertz CT molecular complexity index is 550. The lowest BCUT2D eigenvalue weighted by Crippen LogP contribution is -2.38. The lowest BCUT2D eigenvalue weighted by atomic mass is 10.2. The molecule has 0 spiro atoms. The van der Waals surface area contributed by atoms with Crippen LogP contribution in [-0.4, -0.2) is 39.8 Å². The molecule has 1 rings (SSSR count). The zero-order valence-corrected chi connectivity index (χ0v) is 9.87. The number of nitrogens with one attached hydrogen (secondary N) is 2. The largest absolute Gasteiger partial charge is 0.479 e. The summed E-state index contributed by atoms with van der Waals surface area (Å²) >= 11 is 0. The van der Waals surface area contributed by atoms with Crippen LogP contribution in [0, 0.1) is 15.9 Å². The summed E-state index contributed by atoms with van der Waals surface area (Å²) in [4.78, 5) is 31.0. The molecule has 0 radical (unpaired) electrons. The molecule has 0 fully saturated rings. The summed E-state index contributed by atoms with van der Waals surface area (Å²) in [6, 6.07) is 1.83. The van der Waals surface area contributed by atoms with E-state index in [1.165, 1.54) is 0 Å². The van der Waals surface area contributed by atoms with E-state index in [9.17, 15) is 24.1 Å². The highest BCUT2D eigenvalue weighted by Gasteiger charge is 2.16. The lowest BCUT2D eigenvalue weighted by molar-refractivity contribution is -0.387. The number of aliphatic hydroxyl groups excluding tert-OH is 1. The lowest BCUT2D eigenvalue weighted by Gasteiger charge is -2.09. The van der Waals surface area contributed by atoms with Gasteiger partial charge in [-0.05, 0) is 6.07 Å². The summed E-state index contributed by atoms with van der Waals surface area (Å²) in [5, 5.41) is 31.8. The Morgan fingerprint density at radius 2 is 2.10 bits per heavy atom. The molecule has 0 aliphatic carbocycles. The second-order valence-electron chi connectivity index (χ2n) is 3.61. The Labute approximate surface area is 111 Å². The van der Waals surface area contributed by atoms with Gasteiger partial charge in [-0.15, -0.1) is 0 Å². The number of urea groups is 1. The Kier molecular flexibility index (Phi) is 4.92. The number of carbonyl (C=O) groups excluding carboxylic acids is 1. The van der Waals surface area contributed by atoms with Crippen molar-refractivity contribution >= 4 is 23.4 Å². The normalized spacial score (nSPS) is 11.5. The van der Waals surface area contributed by atoms with Crippen molar-refractivity contribution in [2.75, 3.05) is 11.9 Å². The van der Waals surface area contributed by atoms with Crippen LogP contribution in [0.2, 0.25) is 0 Å². The molecule has 108 valence electrons. The second-order valence-corrected chi connectivity index (χ2v) is 3.61. The molecule has 0 bridgehead atoms. The maximum Gasteiger partial charge on any atom is 0.334 e. The minimum Gasteiger partial charge on any atom is -0.479 e. The zero-order chi connectivity index (χ0) is 15.3. The van der Waals surface area contributed by atoms with Gasteiger partial charge in [-0.25, -0.2) is 9.59 Å². The SMILES string of the molecule is O=C(NC[C@H](O)C(=O)O)Nc1ccc([N+](=O)[O-])c(F)c1. The molecular formula is C10H10FN3O6. The van der Waals surface area contributed by atoms with Crippen LogP contribution in [0.1, 0.15) is 0 Å². The topological polar surface area (TPSA) is 142 Å². The first-order valence-corrected chi connectivity index (χ1v) is 5.21. The highest BCUT2D eigenvalue weighted by Crippen LogP contribution is 2.20. The van der Waals surface area contributed by atoms with Gasteiger partial charge in [-0.2, -0.15) is 4.39 Å². The van der Waals surface area contributed by atoms with Crippen LogP contribution in [0.5, 0.6) is 0 Å². The van der Waals surface area contributed by atoms with E-state index in [0.29, 0.717) is 0 Å². The number of rotatable bonds is 5. The molecule has 20 heavy (non-hydrogen) atoms. The van der Waals surface area contributed by atoms with Gasteiger partial charge < -0.3 is 20.8 Å². The molecule has 9 nitrogen and oxygen atoms in total. The van der Waals surface area contributed by atoms with Crippen LogP contribution in [0.4, 0.5) is 20.6 Å². The van der Waals surface area contributed by atoms with Crippen LogP contribution in [-0.2, 0) is 4.79 Å². The van der Waals surface area contributed by atoms with Crippen molar-refractivity contribution in [3.63, 3.8) is 0 Å². The van der Waals surface area contributed by atoms with E-state index in [-0.39, 0.29) is 5.69 Å². The molecule has 0 saturated heterocycles. The maximum atomic E-state index is 13.2. The second kappa shape index (κ2) is 6.43. The number of nitrogens with zero attached hydrogens (tertiary/aromatic N) is 1. The Morgan fingerprint density at radius 3 is 2.60 bits per heavy atom. The fraction of sp³-hybridized carbons (Fsp3) is 0.200. The highest BCUT2D eigenvalue weighted by molar-refractivity contribution is 5.89. The Balaban J connectivity index is 2.61. The van der Waals surface area contributed by atoms with Gasteiger partial charge in [-0.1, -0.05) is 0 Å². The maximum absolute atomic E-state index is 13.2. The molecule has 4 N–H and O–H groups in total. The molecule has 0 aliphatic rings. The fourth-order valence-electron chi connectivity index (χ4n) is 1.18. The van der Waals surface area contributed by atoms with Gasteiger partial charge in [0.1, 0.15) is 0 Å². The van der Waals surface area contributed by atoms with Gasteiger partial charge in [0.25, 0.3) is 0 Å². The van der Waals surface area contributed by atoms with Crippen molar-refractivity contribution in [1.29, 1.82) is 0 Å². The molecule has 0 aromatic heterocycles. The van der Waals surface area contributed by atoms with Crippen LogP contribution < -0.4 is 10.6 Å². The van der Waals surface area contributed by atoms with Crippen molar-refractivity contribution < 1.29 is 29.1 Å². The third-order valence-electron chi connectivity index (χ3n) is 2.14. The van der Waals surface area contributed by atoms with Crippen molar-refractivity contribution in [1.82, 2.24) is 5.32 Å². The third-order valence-corrected chi connectivity index (χ3v) is 2.14. The summed E-state index contributed by atoms with van der Waals surface area (Å²) in [6.45, 7) is -0.545. The first kappa shape index (κ1) is 15.3. The van der Waals surface area contributed by atoms with Gasteiger partial charge in [0.2, 0.25) is 5.82 Å². The van der Waals surface area contributed by atoms with Crippen LogP contribution in [0.25, 0.3) is 0 Å². The first-order chi connectivity index (χ1) is 9.31. The van der Waals surface area contributed by atoms with Crippen molar-refractivity contribution in [2.45, 2.75) is 6.10 Å². The number of nitro benzene ring substituents is 1. The summed E-state index contributed by atoms with van der Waals surface area (Å²) in [7, 11) is 0. The van der Waals surface area contributed by atoms with Gasteiger partial charge in [0, 0.05) is 17.8 Å². The highest BCUT2D eigenvalue weighted by atomic mass is 19.1. The molecule has 10 heteroatoms.